The molecule has 0 heterocycles. The first-order valence-electron chi connectivity index (χ1n) is 4.59. The summed E-state index contributed by atoms with van der Waals surface area (Å²) in [4.78, 5) is 11.5. The van der Waals surface area contributed by atoms with Crippen molar-refractivity contribution in [2.45, 2.75) is 20.8 Å². The Bertz CT molecular complexity index is 292. The smallest absolute Gasteiger partial charge is 0.310 e. The van der Waals surface area contributed by atoms with Gasteiger partial charge in [-0.15, -0.1) is 0 Å². The Labute approximate surface area is 84.3 Å². The molecule has 80 valence electrons. The summed E-state index contributed by atoms with van der Waals surface area (Å²) in [6, 6.07) is 0. The van der Waals surface area contributed by atoms with Crippen LogP contribution in [0.2, 0.25) is 0 Å². The quantitative estimate of drug-likeness (QED) is 0.636. The minimum absolute atomic E-state index is 0.135. The molecule has 1 saturated carbocycles. The number of rotatable bonds is 2. The maximum Gasteiger partial charge on any atom is 0.310 e. The lowest BCUT2D eigenvalue weighted by Crippen LogP contribution is -2.14. The van der Waals surface area contributed by atoms with Gasteiger partial charge in [-0.2, -0.15) is 0 Å². The van der Waals surface area contributed by atoms with Crippen LogP contribution >= 0.6 is 0 Å². The number of hydrogen-bond donors (Lipinski definition) is 2. The molecule has 0 amide bonds. The van der Waals surface area contributed by atoms with E-state index in [2.05, 4.69) is 0 Å². The van der Waals surface area contributed by atoms with Crippen LogP contribution in [0.5, 0.6) is 0 Å². The molecule has 0 aromatic heterocycles. The molecule has 1 fully saturated rings. The number of esters is 1. The predicted octanol–water partition coefficient (Wildman–Crippen LogP) is 0.581. The Balaban J connectivity index is 2.94. The predicted molar refractivity (Wildman–Crippen MR) is 53.9 cm³/mol. The number of ether oxygens (including phenoxy) is 1. The van der Waals surface area contributed by atoms with Crippen LogP contribution in [0.15, 0.2) is 11.9 Å². The number of allylic oxidation sites excluding steroid dienone is 1. The van der Waals surface area contributed by atoms with Crippen molar-refractivity contribution >= 4 is 5.97 Å². The summed E-state index contributed by atoms with van der Waals surface area (Å²) in [5, 5.41) is 0. The Morgan fingerprint density at radius 1 is 1.36 bits per heavy atom. The summed E-state index contributed by atoms with van der Waals surface area (Å²) >= 11 is 0. The average molecular weight is 198 g/mol. The zero-order valence-electron chi connectivity index (χ0n) is 9.13. The molecule has 0 spiro atoms. The summed E-state index contributed by atoms with van der Waals surface area (Å²) in [6.07, 6.45) is 1.74. The van der Waals surface area contributed by atoms with Crippen LogP contribution in [-0.4, -0.2) is 13.1 Å². The summed E-state index contributed by atoms with van der Waals surface area (Å²) in [5.41, 5.74) is 10.4. The third-order valence-electron chi connectivity index (χ3n) is 3.53. The van der Waals surface area contributed by atoms with Crippen LogP contribution < -0.4 is 11.5 Å². The van der Waals surface area contributed by atoms with Crippen molar-refractivity contribution in [3.63, 3.8) is 0 Å². The fraction of sp³-hybridized carbons (Fsp3) is 0.700. The molecule has 1 aliphatic rings. The largest absolute Gasteiger partial charge is 0.469 e. The van der Waals surface area contributed by atoms with Gasteiger partial charge in [0.15, 0.2) is 0 Å². The minimum Gasteiger partial charge on any atom is -0.469 e. The van der Waals surface area contributed by atoms with Crippen LogP contribution in [0, 0.1) is 16.7 Å². The van der Waals surface area contributed by atoms with Gasteiger partial charge in [-0.05, 0) is 11.5 Å². The molecule has 4 heteroatoms. The van der Waals surface area contributed by atoms with E-state index >= 15 is 0 Å². The van der Waals surface area contributed by atoms with Gasteiger partial charge >= 0.3 is 5.97 Å². The van der Waals surface area contributed by atoms with Crippen molar-refractivity contribution < 1.29 is 9.53 Å². The van der Waals surface area contributed by atoms with Crippen molar-refractivity contribution in [3.05, 3.63) is 11.9 Å². The summed E-state index contributed by atoms with van der Waals surface area (Å²) in [7, 11) is 1.40. The zero-order valence-corrected chi connectivity index (χ0v) is 9.13. The molecule has 4 N–H and O–H groups in total. The second-order valence-electron chi connectivity index (χ2n) is 4.60. The number of carbonyl (C=O) groups is 1. The zero-order chi connectivity index (χ0) is 11.1. The lowest BCUT2D eigenvalue weighted by atomic mass is 9.98. The monoisotopic (exact) mass is 198 g/mol. The van der Waals surface area contributed by atoms with Gasteiger partial charge in [0, 0.05) is 5.41 Å². The molecule has 0 aliphatic heterocycles. The average Bonchev–Trinajstić information content (AvgIpc) is 2.43. The second kappa shape index (κ2) is 2.90. The van der Waals surface area contributed by atoms with Gasteiger partial charge < -0.3 is 16.2 Å². The molecular weight excluding hydrogens is 180 g/mol. The number of methoxy groups -OCH3 is 1. The van der Waals surface area contributed by atoms with Crippen molar-refractivity contribution in [3.8, 4) is 0 Å². The summed E-state index contributed by atoms with van der Waals surface area (Å²) < 4.78 is 4.74. The van der Waals surface area contributed by atoms with Gasteiger partial charge in [0.25, 0.3) is 0 Å². The van der Waals surface area contributed by atoms with E-state index in [1.54, 1.807) is 6.08 Å². The van der Waals surface area contributed by atoms with Gasteiger partial charge in [-0.25, -0.2) is 0 Å². The highest BCUT2D eigenvalue weighted by molar-refractivity contribution is 5.79. The van der Waals surface area contributed by atoms with E-state index in [-0.39, 0.29) is 28.5 Å². The van der Waals surface area contributed by atoms with Crippen LogP contribution in [0.4, 0.5) is 0 Å². The van der Waals surface area contributed by atoms with Gasteiger partial charge in [0.2, 0.25) is 0 Å². The maximum atomic E-state index is 11.5. The van der Waals surface area contributed by atoms with Crippen LogP contribution in [-0.2, 0) is 9.53 Å². The Morgan fingerprint density at radius 2 is 1.86 bits per heavy atom. The molecule has 0 radical (unpaired) electrons. The van der Waals surface area contributed by atoms with Gasteiger partial charge in [0.05, 0.1) is 18.8 Å². The number of carbonyl (C=O) groups excluding carboxylic acids is 1. The summed E-state index contributed by atoms with van der Waals surface area (Å²) in [5.74, 6) is -0.0934. The molecule has 0 unspecified atom stereocenters. The Morgan fingerprint density at radius 3 is 2.21 bits per heavy atom. The highest BCUT2D eigenvalue weighted by atomic mass is 16.5. The van der Waals surface area contributed by atoms with Crippen LogP contribution in [0.25, 0.3) is 0 Å². The Kier molecular flexibility index (Phi) is 2.26. The van der Waals surface area contributed by atoms with Crippen molar-refractivity contribution in [1.29, 1.82) is 0 Å². The highest BCUT2D eigenvalue weighted by Gasteiger charge is 2.71. The molecular formula is C10H18N2O2. The molecule has 1 rings (SSSR count). The first-order chi connectivity index (χ1) is 6.27. The maximum absolute atomic E-state index is 11.5. The van der Waals surface area contributed by atoms with Gasteiger partial charge in [-0.1, -0.05) is 20.8 Å². The van der Waals surface area contributed by atoms with E-state index in [1.807, 2.05) is 20.8 Å². The minimum atomic E-state index is -0.279. The van der Waals surface area contributed by atoms with Crippen LogP contribution in [0.1, 0.15) is 20.8 Å². The van der Waals surface area contributed by atoms with Crippen molar-refractivity contribution in [2.75, 3.05) is 7.11 Å². The lowest BCUT2D eigenvalue weighted by molar-refractivity contribution is -0.143. The molecule has 14 heavy (non-hydrogen) atoms. The molecule has 2 atom stereocenters. The fourth-order valence-corrected chi connectivity index (χ4v) is 2.29. The third kappa shape index (κ3) is 1.25. The van der Waals surface area contributed by atoms with Crippen molar-refractivity contribution in [1.82, 2.24) is 0 Å². The van der Waals surface area contributed by atoms with Gasteiger partial charge in [0.1, 0.15) is 0 Å². The molecule has 0 aromatic rings. The van der Waals surface area contributed by atoms with E-state index in [0.29, 0.717) is 0 Å². The molecule has 0 bridgehead atoms. The first kappa shape index (κ1) is 10.9. The SMILES string of the molecule is COC(=O)[C@H]1C(C)(C)[C@]1(C)C=C(N)N. The lowest BCUT2D eigenvalue weighted by Gasteiger charge is -2.08. The standard InChI is InChI=1S/C10H18N2O2/c1-9(2)7(8(13)14-4)10(9,3)5-6(11)12/h5,7H,11-12H2,1-4H3/t7-,10+/m0/s1. The topological polar surface area (TPSA) is 78.3 Å². The normalized spacial score (nSPS) is 33.3. The van der Waals surface area contributed by atoms with Crippen molar-refractivity contribution in [2.24, 2.45) is 28.2 Å². The van der Waals surface area contributed by atoms with E-state index in [9.17, 15) is 4.79 Å². The molecule has 1 aliphatic carbocycles. The van der Waals surface area contributed by atoms with E-state index in [4.69, 9.17) is 16.2 Å². The number of hydrogen-bond acceptors (Lipinski definition) is 4. The highest BCUT2D eigenvalue weighted by Crippen LogP contribution is 2.69. The molecule has 4 nitrogen and oxygen atoms in total. The summed E-state index contributed by atoms with van der Waals surface area (Å²) in [6.45, 7) is 5.98. The number of nitrogens with two attached hydrogens (primary N) is 2. The molecule has 0 saturated heterocycles. The second-order valence-corrected chi connectivity index (χ2v) is 4.60. The first-order valence-corrected chi connectivity index (χ1v) is 4.59. The Hall–Kier alpha value is -1.19. The van der Waals surface area contributed by atoms with E-state index in [1.165, 1.54) is 7.11 Å². The molecule has 0 aromatic carbocycles. The van der Waals surface area contributed by atoms with Gasteiger partial charge in [-0.3, -0.25) is 4.79 Å². The van der Waals surface area contributed by atoms with E-state index < -0.39 is 0 Å². The fourth-order valence-electron chi connectivity index (χ4n) is 2.29. The third-order valence-corrected chi connectivity index (χ3v) is 3.53. The van der Waals surface area contributed by atoms with Crippen LogP contribution in [0.3, 0.4) is 0 Å². The van der Waals surface area contributed by atoms with E-state index in [0.717, 1.165) is 0 Å².